The minimum atomic E-state index is -4.47. The minimum absolute atomic E-state index is 0.0722. The van der Waals surface area contributed by atoms with Crippen molar-refractivity contribution in [3.05, 3.63) is 66.4 Å². The highest BCUT2D eigenvalue weighted by Gasteiger charge is 2.29. The van der Waals surface area contributed by atoms with Gasteiger partial charge in [0.25, 0.3) is 5.91 Å². The summed E-state index contributed by atoms with van der Waals surface area (Å²) < 4.78 is 41.5. The number of nitrogens with zero attached hydrogens (tertiary/aromatic N) is 5. The lowest BCUT2D eigenvalue weighted by atomic mass is 9.92. The zero-order valence-electron chi connectivity index (χ0n) is 20.1. The molecule has 2 N–H and O–H groups in total. The zero-order chi connectivity index (χ0) is 26.4. The number of aromatic nitrogens is 5. The van der Waals surface area contributed by atoms with Gasteiger partial charge >= 0.3 is 12.2 Å². The number of anilines is 1. The lowest BCUT2D eigenvalue weighted by Crippen LogP contribution is -2.20. The summed E-state index contributed by atoms with van der Waals surface area (Å²) in [5.74, 6) is 0.455. The summed E-state index contributed by atoms with van der Waals surface area (Å²) in [6.07, 6.45) is 2.02. The van der Waals surface area contributed by atoms with Crippen molar-refractivity contribution in [2.45, 2.75) is 25.4 Å². The fourth-order valence-corrected chi connectivity index (χ4v) is 3.84. The van der Waals surface area contributed by atoms with Crippen LogP contribution in [0.3, 0.4) is 0 Å². The number of pyridine rings is 1. The molecule has 0 saturated heterocycles. The minimum Gasteiger partial charge on any atom is -0.454 e. The molecule has 0 spiro atoms. The van der Waals surface area contributed by atoms with Crippen molar-refractivity contribution in [2.75, 3.05) is 25.5 Å². The molecule has 1 aromatic carbocycles. The van der Waals surface area contributed by atoms with E-state index in [-0.39, 0.29) is 17.8 Å². The molecule has 1 amide bonds. The van der Waals surface area contributed by atoms with Gasteiger partial charge in [0.15, 0.2) is 6.61 Å². The number of rotatable bonds is 9. The molecule has 9 nitrogen and oxygen atoms in total. The number of fused-ring (bicyclic) bond motifs is 1. The molecule has 192 valence electrons. The van der Waals surface area contributed by atoms with Gasteiger partial charge in [-0.2, -0.15) is 13.2 Å². The van der Waals surface area contributed by atoms with Crippen molar-refractivity contribution in [3.8, 4) is 17.3 Å². The number of para-hydroxylation sites is 1. The van der Waals surface area contributed by atoms with Gasteiger partial charge in [0, 0.05) is 55.1 Å². The molecule has 4 rings (SSSR count). The molecule has 0 aliphatic heterocycles. The number of carbonyl (C=O) groups is 1. The first-order valence-corrected chi connectivity index (χ1v) is 11.5. The number of halogens is 3. The number of amides is 1. The molecule has 4 aromatic rings. The van der Waals surface area contributed by atoms with Crippen LogP contribution in [0.1, 0.15) is 35.2 Å². The zero-order valence-corrected chi connectivity index (χ0v) is 20.1. The second-order valence-electron chi connectivity index (χ2n) is 8.11. The van der Waals surface area contributed by atoms with E-state index < -0.39 is 12.8 Å². The summed E-state index contributed by atoms with van der Waals surface area (Å²) in [4.78, 5) is 33.0. The standard InChI is InChI=1S/C25H24F3N7O2/c1-3-15(17-5-4-6-18-19(23(36)29-2)7-8-30-22(17)18)10-31-21-9-20(34-14-35-21)16-11-32-24(33-12-16)37-13-25(26,27)28/h4-9,11-12,14-15H,3,10,13H2,1-2H3,(H,29,36)(H,31,34,35). The quantitative estimate of drug-likeness (QED) is 0.340. The fourth-order valence-electron chi connectivity index (χ4n) is 3.84. The summed E-state index contributed by atoms with van der Waals surface area (Å²) in [7, 11) is 1.59. The van der Waals surface area contributed by atoms with Crippen LogP contribution in [0.2, 0.25) is 0 Å². The summed E-state index contributed by atoms with van der Waals surface area (Å²) in [5, 5.41) is 6.76. The smallest absolute Gasteiger partial charge is 0.422 e. The van der Waals surface area contributed by atoms with E-state index in [9.17, 15) is 18.0 Å². The van der Waals surface area contributed by atoms with E-state index in [0.29, 0.717) is 29.2 Å². The monoisotopic (exact) mass is 511 g/mol. The molecule has 0 radical (unpaired) electrons. The topological polar surface area (TPSA) is 115 Å². The molecular weight excluding hydrogens is 487 g/mol. The van der Waals surface area contributed by atoms with Crippen LogP contribution < -0.4 is 15.4 Å². The van der Waals surface area contributed by atoms with Gasteiger partial charge in [-0.15, -0.1) is 0 Å². The Kier molecular flexibility index (Phi) is 7.75. The van der Waals surface area contributed by atoms with E-state index in [1.807, 2.05) is 18.2 Å². The molecule has 37 heavy (non-hydrogen) atoms. The average molecular weight is 512 g/mol. The number of benzene rings is 1. The third kappa shape index (κ3) is 6.26. The number of nitrogens with one attached hydrogen (secondary N) is 2. The first-order valence-electron chi connectivity index (χ1n) is 11.5. The molecule has 3 aromatic heterocycles. The largest absolute Gasteiger partial charge is 0.454 e. The van der Waals surface area contributed by atoms with E-state index >= 15 is 0 Å². The Balaban J connectivity index is 1.50. The molecule has 0 bridgehead atoms. The summed E-state index contributed by atoms with van der Waals surface area (Å²) in [5.41, 5.74) is 3.34. The molecule has 3 heterocycles. The van der Waals surface area contributed by atoms with Crippen molar-refractivity contribution < 1.29 is 22.7 Å². The van der Waals surface area contributed by atoms with Crippen LogP contribution in [-0.4, -0.2) is 57.2 Å². The number of carbonyl (C=O) groups excluding carboxylic acids is 1. The highest BCUT2D eigenvalue weighted by atomic mass is 19.4. The summed E-state index contributed by atoms with van der Waals surface area (Å²) in [6.45, 7) is 1.14. The first kappa shape index (κ1) is 25.7. The molecule has 1 atom stereocenters. The van der Waals surface area contributed by atoms with Crippen molar-refractivity contribution in [1.82, 2.24) is 30.2 Å². The number of ether oxygens (including phenoxy) is 1. The number of hydrogen-bond acceptors (Lipinski definition) is 8. The third-order valence-electron chi connectivity index (χ3n) is 5.69. The van der Waals surface area contributed by atoms with Gasteiger partial charge in [-0.1, -0.05) is 25.1 Å². The Bertz CT molecular complexity index is 1380. The van der Waals surface area contributed by atoms with Gasteiger partial charge in [0.1, 0.15) is 12.1 Å². The maximum absolute atomic E-state index is 12.3. The highest BCUT2D eigenvalue weighted by Crippen LogP contribution is 2.29. The van der Waals surface area contributed by atoms with E-state index in [1.165, 1.54) is 18.7 Å². The van der Waals surface area contributed by atoms with Crippen LogP contribution in [-0.2, 0) is 0 Å². The van der Waals surface area contributed by atoms with Crippen LogP contribution >= 0.6 is 0 Å². The molecule has 1 unspecified atom stereocenters. The number of hydrogen-bond donors (Lipinski definition) is 2. The van der Waals surface area contributed by atoms with E-state index in [4.69, 9.17) is 0 Å². The van der Waals surface area contributed by atoms with Crippen LogP contribution in [0.5, 0.6) is 6.01 Å². The lowest BCUT2D eigenvalue weighted by molar-refractivity contribution is -0.154. The van der Waals surface area contributed by atoms with Crippen LogP contribution in [0.15, 0.2) is 55.2 Å². The second kappa shape index (κ2) is 11.1. The second-order valence-corrected chi connectivity index (χ2v) is 8.11. The van der Waals surface area contributed by atoms with Crippen LogP contribution in [0, 0.1) is 0 Å². The Hall–Kier alpha value is -4.35. The van der Waals surface area contributed by atoms with E-state index in [1.54, 1.807) is 25.4 Å². The summed E-state index contributed by atoms with van der Waals surface area (Å²) in [6, 6.07) is 8.83. The van der Waals surface area contributed by atoms with E-state index in [0.717, 1.165) is 22.9 Å². The molecular formula is C25H24F3N7O2. The van der Waals surface area contributed by atoms with Crippen LogP contribution in [0.4, 0.5) is 19.0 Å². The van der Waals surface area contributed by atoms with Crippen LogP contribution in [0.25, 0.3) is 22.2 Å². The van der Waals surface area contributed by atoms with Crippen molar-refractivity contribution >= 4 is 22.6 Å². The fraction of sp³-hybridized carbons (Fsp3) is 0.280. The molecule has 0 aliphatic rings. The van der Waals surface area contributed by atoms with Gasteiger partial charge in [0.2, 0.25) is 0 Å². The molecule has 12 heteroatoms. The van der Waals surface area contributed by atoms with Gasteiger partial charge < -0.3 is 15.4 Å². The predicted molar refractivity (Wildman–Crippen MR) is 131 cm³/mol. The van der Waals surface area contributed by atoms with Crippen molar-refractivity contribution in [3.63, 3.8) is 0 Å². The van der Waals surface area contributed by atoms with Gasteiger partial charge in [-0.05, 0) is 18.1 Å². The van der Waals surface area contributed by atoms with Gasteiger partial charge in [-0.25, -0.2) is 19.9 Å². The highest BCUT2D eigenvalue weighted by molar-refractivity contribution is 6.06. The van der Waals surface area contributed by atoms with Gasteiger partial charge in [-0.3, -0.25) is 9.78 Å². The Morgan fingerprint density at radius 2 is 1.86 bits per heavy atom. The molecule has 0 saturated carbocycles. The normalized spacial score (nSPS) is 12.2. The maximum Gasteiger partial charge on any atom is 0.422 e. The Labute approximate surface area is 210 Å². The SMILES string of the molecule is CCC(CNc1cc(-c2cnc(OCC(F)(F)F)nc2)ncn1)c1cccc2c(C(=O)NC)ccnc12. The first-order chi connectivity index (χ1) is 17.8. The Morgan fingerprint density at radius 3 is 2.57 bits per heavy atom. The predicted octanol–water partition coefficient (Wildman–Crippen LogP) is 4.39. The maximum atomic E-state index is 12.3. The average Bonchev–Trinajstić information content (AvgIpc) is 2.91. The lowest BCUT2D eigenvalue weighted by Gasteiger charge is -2.19. The molecule has 0 fully saturated rings. The number of alkyl halides is 3. The van der Waals surface area contributed by atoms with Crippen molar-refractivity contribution in [1.29, 1.82) is 0 Å². The van der Waals surface area contributed by atoms with Gasteiger partial charge in [0.05, 0.1) is 16.8 Å². The third-order valence-corrected chi connectivity index (χ3v) is 5.69. The van der Waals surface area contributed by atoms with E-state index in [2.05, 4.69) is 47.2 Å². The Morgan fingerprint density at radius 1 is 1.08 bits per heavy atom. The van der Waals surface area contributed by atoms with Crippen molar-refractivity contribution in [2.24, 2.45) is 0 Å². The summed E-state index contributed by atoms with van der Waals surface area (Å²) >= 11 is 0. The molecule has 0 aliphatic carbocycles.